The van der Waals surface area contributed by atoms with Gasteiger partial charge in [0, 0.05) is 13.1 Å². The van der Waals surface area contributed by atoms with Crippen LogP contribution in [0.2, 0.25) is 0 Å². The summed E-state index contributed by atoms with van der Waals surface area (Å²) in [5, 5.41) is 0. The standard InChI is InChI=1S/C15H21NO2/c1-3-14-10-16(9-12(14)2)15(17)18-11-13-7-5-4-6-8-13/h4-8,12,14H,3,9-11H2,1-2H3/t12-,14-/m1/s1. The lowest BCUT2D eigenvalue weighted by molar-refractivity contribution is 0.102. The van der Waals surface area contributed by atoms with Crippen LogP contribution in [0.15, 0.2) is 30.3 Å². The van der Waals surface area contributed by atoms with Gasteiger partial charge in [0.2, 0.25) is 0 Å². The highest BCUT2D eigenvalue weighted by molar-refractivity contribution is 5.68. The molecule has 0 spiro atoms. The van der Waals surface area contributed by atoms with Crippen LogP contribution in [0.3, 0.4) is 0 Å². The molecule has 1 aromatic rings. The summed E-state index contributed by atoms with van der Waals surface area (Å²) >= 11 is 0. The smallest absolute Gasteiger partial charge is 0.410 e. The van der Waals surface area contributed by atoms with Crippen LogP contribution < -0.4 is 0 Å². The Hall–Kier alpha value is -1.51. The Labute approximate surface area is 109 Å². The summed E-state index contributed by atoms with van der Waals surface area (Å²) in [6.45, 7) is 6.41. The first-order chi connectivity index (χ1) is 8.70. The van der Waals surface area contributed by atoms with E-state index in [1.165, 1.54) is 0 Å². The summed E-state index contributed by atoms with van der Waals surface area (Å²) < 4.78 is 5.34. The Morgan fingerprint density at radius 1 is 1.33 bits per heavy atom. The molecule has 2 atom stereocenters. The number of benzene rings is 1. The van der Waals surface area contributed by atoms with Gasteiger partial charge in [0.25, 0.3) is 0 Å². The molecule has 1 amide bonds. The number of hydrogen-bond acceptors (Lipinski definition) is 2. The van der Waals surface area contributed by atoms with E-state index in [2.05, 4.69) is 13.8 Å². The van der Waals surface area contributed by atoms with E-state index in [1.54, 1.807) is 0 Å². The van der Waals surface area contributed by atoms with Gasteiger partial charge in [0.15, 0.2) is 0 Å². The zero-order chi connectivity index (χ0) is 13.0. The molecule has 0 bridgehead atoms. The van der Waals surface area contributed by atoms with Gasteiger partial charge in [-0.05, 0) is 17.4 Å². The second-order valence-corrected chi connectivity index (χ2v) is 5.09. The molecule has 0 aromatic heterocycles. The van der Waals surface area contributed by atoms with E-state index in [9.17, 15) is 4.79 Å². The van der Waals surface area contributed by atoms with Gasteiger partial charge in [-0.1, -0.05) is 50.6 Å². The van der Waals surface area contributed by atoms with Gasteiger partial charge in [-0.3, -0.25) is 0 Å². The Morgan fingerprint density at radius 2 is 2.06 bits per heavy atom. The van der Waals surface area contributed by atoms with Crippen molar-refractivity contribution >= 4 is 6.09 Å². The summed E-state index contributed by atoms with van der Waals surface area (Å²) in [7, 11) is 0. The van der Waals surface area contributed by atoms with Crippen molar-refractivity contribution in [3.8, 4) is 0 Å². The van der Waals surface area contributed by atoms with Crippen molar-refractivity contribution in [2.24, 2.45) is 11.8 Å². The highest BCUT2D eigenvalue weighted by Gasteiger charge is 2.31. The summed E-state index contributed by atoms with van der Waals surface area (Å²) in [5.41, 5.74) is 1.03. The number of hydrogen-bond donors (Lipinski definition) is 0. The fourth-order valence-corrected chi connectivity index (χ4v) is 2.53. The Balaban J connectivity index is 1.82. The molecule has 3 heteroatoms. The quantitative estimate of drug-likeness (QED) is 0.820. The van der Waals surface area contributed by atoms with Crippen molar-refractivity contribution in [3.63, 3.8) is 0 Å². The van der Waals surface area contributed by atoms with E-state index >= 15 is 0 Å². The summed E-state index contributed by atoms with van der Waals surface area (Å²) in [4.78, 5) is 13.8. The van der Waals surface area contributed by atoms with E-state index in [0.717, 1.165) is 25.1 Å². The van der Waals surface area contributed by atoms with Crippen LogP contribution in [-0.2, 0) is 11.3 Å². The normalized spacial score (nSPS) is 23.1. The molecule has 0 radical (unpaired) electrons. The van der Waals surface area contributed by atoms with Crippen molar-refractivity contribution < 1.29 is 9.53 Å². The average Bonchev–Trinajstić information content (AvgIpc) is 2.78. The van der Waals surface area contributed by atoms with Crippen LogP contribution in [0.1, 0.15) is 25.8 Å². The lowest BCUT2D eigenvalue weighted by atomic mass is 9.96. The van der Waals surface area contributed by atoms with E-state index in [4.69, 9.17) is 4.74 Å². The fraction of sp³-hybridized carbons (Fsp3) is 0.533. The minimum absolute atomic E-state index is 0.179. The molecule has 3 nitrogen and oxygen atoms in total. The van der Waals surface area contributed by atoms with Crippen molar-refractivity contribution in [1.82, 2.24) is 4.90 Å². The van der Waals surface area contributed by atoms with Gasteiger partial charge in [0.05, 0.1) is 0 Å². The molecular weight excluding hydrogens is 226 g/mol. The lowest BCUT2D eigenvalue weighted by Crippen LogP contribution is -2.29. The lowest BCUT2D eigenvalue weighted by Gasteiger charge is -2.16. The van der Waals surface area contributed by atoms with Crippen molar-refractivity contribution in [2.75, 3.05) is 13.1 Å². The van der Waals surface area contributed by atoms with Crippen LogP contribution >= 0.6 is 0 Å². The van der Waals surface area contributed by atoms with Crippen LogP contribution in [0, 0.1) is 11.8 Å². The monoisotopic (exact) mass is 247 g/mol. The van der Waals surface area contributed by atoms with Gasteiger partial charge in [-0.2, -0.15) is 0 Å². The number of carbonyl (C=O) groups excluding carboxylic acids is 1. The fourth-order valence-electron chi connectivity index (χ4n) is 2.53. The minimum Gasteiger partial charge on any atom is -0.445 e. The molecule has 1 fully saturated rings. The number of nitrogens with zero attached hydrogens (tertiary/aromatic N) is 1. The van der Waals surface area contributed by atoms with Crippen molar-refractivity contribution in [2.45, 2.75) is 26.9 Å². The second kappa shape index (κ2) is 5.89. The van der Waals surface area contributed by atoms with Crippen molar-refractivity contribution in [1.29, 1.82) is 0 Å². The molecular formula is C15H21NO2. The van der Waals surface area contributed by atoms with Crippen LogP contribution in [0.25, 0.3) is 0 Å². The SMILES string of the molecule is CC[C@@H]1CN(C(=O)OCc2ccccc2)C[C@H]1C. The average molecular weight is 247 g/mol. The van der Waals surface area contributed by atoms with Crippen LogP contribution in [0.5, 0.6) is 0 Å². The third-order valence-electron chi connectivity index (χ3n) is 3.76. The number of ether oxygens (including phenoxy) is 1. The third-order valence-corrected chi connectivity index (χ3v) is 3.76. The largest absolute Gasteiger partial charge is 0.445 e. The van der Waals surface area contributed by atoms with Gasteiger partial charge in [0.1, 0.15) is 6.61 Å². The highest BCUT2D eigenvalue weighted by atomic mass is 16.6. The summed E-state index contributed by atoms with van der Waals surface area (Å²) in [6, 6.07) is 9.80. The number of rotatable bonds is 3. The molecule has 18 heavy (non-hydrogen) atoms. The zero-order valence-electron chi connectivity index (χ0n) is 11.1. The highest BCUT2D eigenvalue weighted by Crippen LogP contribution is 2.25. The maximum absolute atomic E-state index is 11.9. The molecule has 98 valence electrons. The van der Waals surface area contributed by atoms with Gasteiger partial charge in [-0.25, -0.2) is 4.79 Å². The second-order valence-electron chi connectivity index (χ2n) is 5.09. The molecule has 1 aliphatic rings. The molecule has 0 aliphatic carbocycles. The molecule has 1 saturated heterocycles. The molecule has 1 aliphatic heterocycles. The summed E-state index contributed by atoms with van der Waals surface area (Å²) in [5.74, 6) is 1.20. The maximum Gasteiger partial charge on any atom is 0.410 e. The molecule has 2 rings (SSSR count). The Morgan fingerprint density at radius 3 is 2.67 bits per heavy atom. The summed E-state index contributed by atoms with van der Waals surface area (Å²) in [6.07, 6.45) is 0.950. The first-order valence-electron chi connectivity index (χ1n) is 6.66. The molecule has 1 aromatic carbocycles. The molecule has 0 N–H and O–H groups in total. The third kappa shape index (κ3) is 3.03. The van der Waals surface area contributed by atoms with Crippen LogP contribution in [0.4, 0.5) is 4.79 Å². The minimum atomic E-state index is -0.179. The number of amides is 1. The van der Waals surface area contributed by atoms with E-state index in [0.29, 0.717) is 18.4 Å². The first-order valence-corrected chi connectivity index (χ1v) is 6.66. The van der Waals surface area contributed by atoms with E-state index in [-0.39, 0.29) is 6.09 Å². The van der Waals surface area contributed by atoms with E-state index in [1.807, 2.05) is 35.2 Å². The van der Waals surface area contributed by atoms with Gasteiger partial charge < -0.3 is 9.64 Å². The number of carbonyl (C=O) groups is 1. The predicted molar refractivity (Wildman–Crippen MR) is 71.1 cm³/mol. The maximum atomic E-state index is 11.9. The topological polar surface area (TPSA) is 29.5 Å². The predicted octanol–water partition coefficient (Wildman–Crippen LogP) is 3.30. The Kier molecular flexibility index (Phi) is 4.24. The molecule has 0 unspecified atom stereocenters. The number of likely N-dealkylation sites (tertiary alicyclic amines) is 1. The van der Waals surface area contributed by atoms with Gasteiger partial charge in [-0.15, -0.1) is 0 Å². The zero-order valence-corrected chi connectivity index (χ0v) is 11.1. The van der Waals surface area contributed by atoms with E-state index < -0.39 is 0 Å². The molecule has 0 saturated carbocycles. The molecule has 1 heterocycles. The Bertz CT molecular complexity index is 391. The first kappa shape index (κ1) is 12.9. The van der Waals surface area contributed by atoms with Crippen molar-refractivity contribution in [3.05, 3.63) is 35.9 Å². The van der Waals surface area contributed by atoms with Gasteiger partial charge >= 0.3 is 6.09 Å². The van der Waals surface area contributed by atoms with Crippen LogP contribution in [-0.4, -0.2) is 24.1 Å².